The van der Waals surface area contributed by atoms with Crippen molar-refractivity contribution in [1.82, 2.24) is 15.1 Å². The smallest absolute Gasteiger partial charge is 0.165 e. The zero-order valence-electron chi connectivity index (χ0n) is 11.4. The monoisotopic (exact) mass is 263 g/mol. The van der Waals surface area contributed by atoms with Crippen LogP contribution in [0.5, 0.6) is 5.75 Å². The van der Waals surface area contributed by atoms with Gasteiger partial charge in [-0.25, -0.2) is 4.39 Å². The van der Waals surface area contributed by atoms with Crippen LogP contribution in [0.2, 0.25) is 0 Å². The molecule has 19 heavy (non-hydrogen) atoms. The van der Waals surface area contributed by atoms with E-state index in [-0.39, 0.29) is 17.6 Å². The lowest BCUT2D eigenvalue weighted by Crippen LogP contribution is -2.20. The van der Waals surface area contributed by atoms with Crippen molar-refractivity contribution >= 4 is 0 Å². The topological polar surface area (TPSA) is 39.1 Å². The minimum Gasteiger partial charge on any atom is -0.494 e. The van der Waals surface area contributed by atoms with Crippen molar-refractivity contribution in [2.24, 2.45) is 7.05 Å². The number of halogens is 1. The third kappa shape index (κ3) is 3.12. The molecule has 0 radical (unpaired) electrons. The van der Waals surface area contributed by atoms with Crippen LogP contribution in [-0.4, -0.2) is 16.9 Å². The van der Waals surface area contributed by atoms with Crippen molar-refractivity contribution < 1.29 is 9.13 Å². The highest BCUT2D eigenvalue weighted by Crippen LogP contribution is 2.21. The van der Waals surface area contributed by atoms with Gasteiger partial charge in [-0.2, -0.15) is 5.10 Å². The van der Waals surface area contributed by atoms with Crippen LogP contribution < -0.4 is 10.1 Å². The number of nitrogens with one attached hydrogen (secondary N) is 1. The lowest BCUT2D eigenvalue weighted by atomic mass is 10.1. The summed E-state index contributed by atoms with van der Waals surface area (Å²) in [6, 6.07) is 7.01. The van der Waals surface area contributed by atoms with E-state index in [0.29, 0.717) is 6.54 Å². The van der Waals surface area contributed by atoms with Crippen molar-refractivity contribution in [2.75, 3.05) is 7.11 Å². The molecule has 0 aliphatic carbocycles. The van der Waals surface area contributed by atoms with Crippen LogP contribution in [0.1, 0.15) is 24.2 Å². The van der Waals surface area contributed by atoms with Gasteiger partial charge in [0.2, 0.25) is 0 Å². The Bertz CT molecular complexity index is 553. The van der Waals surface area contributed by atoms with Crippen LogP contribution in [0, 0.1) is 5.82 Å². The van der Waals surface area contributed by atoms with E-state index in [1.54, 1.807) is 12.3 Å². The molecular formula is C14H18FN3O. The molecule has 1 unspecified atom stereocenters. The van der Waals surface area contributed by atoms with Gasteiger partial charge in [-0.15, -0.1) is 0 Å². The third-order valence-electron chi connectivity index (χ3n) is 3.19. The van der Waals surface area contributed by atoms with Crippen molar-refractivity contribution in [1.29, 1.82) is 0 Å². The summed E-state index contributed by atoms with van der Waals surface area (Å²) in [4.78, 5) is 0. The van der Waals surface area contributed by atoms with E-state index in [1.165, 1.54) is 13.2 Å². The van der Waals surface area contributed by atoms with Crippen LogP contribution >= 0.6 is 0 Å². The van der Waals surface area contributed by atoms with Crippen LogP contribution in [0.3, 0.4) is 0 Å². The fourth-order valence-electron chi connectivity index (χ4n) is 1.90. The van der Waals surface area contributed by atoms with Gasteiger partial charge in [0.15, 0.2) is 11.6 Å². The van der Waals surface area contributed by atoms with Crippen LogP contribution in [0.25, 0.3) is 0 Å². The summed E-state index contributed by atoms with van der Waals surface area (Å²) in [5, 5.41) is 7.44. The normalized spacial score (nSPS) is 12.4. The molecule has 2 rings (SSSR count). The molecule has 0 spiro atoms. The molecule has 1 aromatic heterocycles. The van der Waals surface area contributed by atoms with Gasteiger partial charge in [-0.05, 0) is 30.7 Å². The standard InChI is InChI=1S/C14H18FN3O/c1-10(16-9-12-6-7-17-18(12)2)11-4-5-14(19-3)13(15)8-11/h4-8,10,16H,9H2,1-3H3. The molecule has 0 saturated heterocycles. The van der Waals surface area contributed by atoms with E-state index in [0.717, 1.165) is 11.3 Å². The molecule has 1 aromatic carbocycles. The zero-order chi connectivity index (χ0) is 13.8. The molecule has 1 atom stereocenters. The summed E-state index contributed by atoms with van der Waals surface area (Å²) in [5.74, 6) is -0.0724. The second-order valence-electron chi connectivity index (χ2n) is 4.44. The van der Waals surface area contributed by atoms with Gasteiger partial charge in [0, 0.05) is 25.8 Å². The molecule has 0 aliphatic heterocycles. The number of ether oxygens (including phenoxy) is 1. The van der Waals surface area contributed by atoms with Gasteiger partial charge < -0.3 is 10.1 Å². The maximum absolute atomic E-state index is 13.6. The average Bonchev–Trinajstić information content (AvgIpc) is 2.81. The maximum Gasteiger partial charge on any atom is 0.165 e. The first kappa shape index (κ1) is 13.5. The van der Waals surface area contributed by atoms with E-state index < -0.39 is 0 Å². The lowest BCUT2D eigenvalue weighted by molar-refractivity contribution is 0.385. The Hall–Kier alpha value is -1.88. The van der Waals surface area contributed by atoms with Gasteiger partial charge in [-0.3, -0.25) is 4.68 Å². The van der Waals surface area contributed by atoms with E-state index in [9.17, 15) is 4.39 Å². The van der Waals surface area contributed by atoms with Crippen LogP contribution in [-0.2, 0) is 13.6 Å². The Balaban J connectivity index is 2.02. The summed E-state index contributed by atoms with van der Waals surface area (Å²) in [6.45, 7) is 2.68. The number of nitrogens with zero attached hydrogens (tertiary/aromatic N) is 2. The minimum atomic E-state index is -0.339. The molecule has 4 nitrogen and oxygen atoms in total. The number of methoxy groups -OCH3 is 1. The fourth-order valence-corrected chi connectivity index (χ4v) is 1.90. The molecule has 2 aromatic rings. The fraction of sp³-hybridized carbons (Fsp3) is 0.357. The second-order valence-corrected chi connectivity index (χ2v) is 4.44. The molecule has 0 fully saturated rings. The predicted molar refractivity (Wildman–Crippen MR) is 71.4 cm³/mol. The van der Waals surface area contributed by atoms with E-state index in [4.69, 9.17) is 4.74 Å². The van der Waals surface area contributed by atoms with Crippen molar-refractivity contribution in [3.8, 4) is 5.75 Å². The number of aryl methyl sites for hydroxylation is 1. The van der Waals surface area contributed by atoms with E-state index >= 15 is 0 Å². The van der Waals surface area contributed by atoms with Crippen LogP contribution in [0.4, 0.5) is 4.39 Å². The molecule has 0 aliphatic rings. The Morgan fingerprint density at radius 3 is 2.79 bits per heavy atom. The van der Waals surface area contributed by atoms with Gasteiger partial charge in [-0.1, -0.05) is 6.07 Å². The van der Waals surface area contributed by atoms with Gasteiger partial charge in [0.25, 0.3) is 0 Å². The summed E-state index contributed by atoms with van der Waals surface area (Å²) in [6.07, 6.45) is 1.76. The molecule has 1 heterocycles. The summed E-state index contributed by atoms with van der Waals surface area (Å²) in [7, 11) is 3.36. The second kappa shape index (κ2) is 5.84. The quantitative estimate of drug-likeness (QED) is 0.900. The molecule has 0 saturated carbocycles. The van der Waals surface area contributed by atoms with Crippen molar-refractivity contribution in [3.05, 3.63) is 47.5 Å². The maximum atomic E-state index is 13.6. The first-order valence-electron chi connectivity index (χ1n) is 6.15. The highest BCUT2D eigenvalue weighted by Gasteiger charge is 2.10. The molecule has 0 bridgehead atoms. The molecule has 102 valence electrons. The predicted octanol–water partition coefficient (Wildman–Crippen LogP) is 2.42. The number of rotatable bonds is 5. The SMILES string of the molecule is COc1ccc(C(C)NCc2ccnn2C)cc1F. The molecule has 0 amide bonds. The van der Waals surface area contributed by atoms with Gasteiger partial charge in [0.05, 0.1) is 12.8 Å². The highest BCUT2D eigenvalue weighted by atomic mass is 19.1. The molecule has 5 heteroatoms. The van der Waals surface area contributed by atoms with Crippen molar-refractivity contribution in [3.63, 3.8) is 0 Å². The van der Waals surface area contributed by atoms with Gasteiger partial charge in [0.1, 0.15) is 0 Å². The zero-order valence-corrected chi connectivity index (χ0v) is 11.4. The number of hydrogen-bond acceptors (Lipinski definition) is 3. The third-order valence-corrected chi connectivity index (χ3v) is 3.19. The first-order valence-corrected chi connectivity index (χ1v) is 6.15. The summed E-state index contributed by atoms with van der Waals surface area (Å²) >= 11 is 0. The Morgan fingerprint density at radius 2 is 2.21 bits per heavy atom. The number of aromatic nitrogens is 2. The highest BCUT2D eigenvalue weighted by molar-refractivity contribution is 5.30. The average molecular weight is 263 g/mol. The number of hydrogen-bond donors (Lipinski definition) is 1. The summed E-state index contributed by atoms with van der Waals surface area (Å²) in [5.41, 5.74) is 1.97. The van der Waals surface area contributed by atoms with E-state index in [2.05, 4.69) is 10.4 Å². The van der Waals surface area contributed by atoms with Crippen molar-refractivity contribution in [2.45, 2.75) is 19.5 Å². The largest absolute Gasteiger partial charge is 0.494 e. The Labute approximate surface area is 112 Å². The minimum absolute atomic E-state index is 0.0512. The Kier molecular flexibility index (Phi) is 4.16. The molecule has 1 N–H and O–H groups in total. The molecular weight excluding hydrogens is 245 g/mol. The lowest BCUT2D eigenvalue weighted by Gasteiger charge is -2.15. The first-order chi connectivity index (χ1) is 9.11. The number of benzene rings is 1. The van der Waals surface area contributed by atoms with Gasteiger partial charge >= 0.3 is 0 Å². The summed E-state index contributed by atoms with van der Waals surface area (Å²) < 4.78 is 20.3. The Morgan fingerprint density at radius 1 is 1.42 bits per heavy atom. The van der Waals surface area contributed by atoms with E-state index in [1.807, 2.05) is 30.8 Å². The van der Waals surface area contributed by atoms with Crippen LogP contribution in [0.15, 0.2) is 30.5 Å².